The van der Waals surface area contributed by atoms with Gasteiger partial charge in [0.2, 0.25) is 0 Å². The first-order valence-corrected chi connectivity index (χ1v) is 5.24. The first-order chi connectivity index (χ1) is 8.13. The van der Waals surface area contributed by atoms with Crippen molar-refractivity contribution >= 4 is 5.91 Å². The van der Waals surface area contributed by atoms with Crippen molar-refractivity contribution in [1.29, 1.82) is 0 Å². The number of phenols is 1. The van der Waals surface area contributed by atoms with Crippen LogP contribution in [0.25, 0.3) is 0 Å². The zero-order chi connectivity index (χ0) is 12.4. The molecule has 0 fully saturated rings. The van der Waals surface area contributed by atoms with Crippen molar-refractivity contribution in [1.82, 2.24) is 4.90 Å². The van der Waals surface area contributed by atoms with Crippen LogP contribution >= 0.6 is 0 Å². The molecule has 0 atom stereocenters. The van der Waals surface area contributed by atoms with E-state index in [0.29, 0.717) is 31.7 Å². The Morgan fingerprint density at radius 2 is 2.50 bits per heavy atom. The van der Waals surface area contributed by atoms with Crippen LogP contribution in [-0.4, -0.2) is 42.7 Å². The maximum atomic E-state index is 12.1. The highest BCUT2D eigenvalue weighted by Crippen LogP contribution is 2.22. The minimum atomic E-state index is -0.0863. The Labute approximate surface area is 95.8 Å². The number of nitrogens with zero attached hydrogens (tertiary/aromatic N) is 1. The van der Waals surface area contributed by atoms with Crippen molar-refractivity contribution in [3.05, 3.63) is 29.3 Å². The van der Waals surface area contributed by atoms with Crippen LogP contribution in [-0.2, 0) is 11.2 Å². The predicted molar refractivity (Wildman–Crippen MR) is 59.6 cm³/mol. The number of phenolic OH excluding ortho intramolecular Hbond substituents is 1. The summed E-state index contributed by atoms with van der Waals surface area (Å²) in [5.74, 6) is -0.154. The lowest BCUT2D eigenvalue weighted by atomic mass is 9.99. The lowest BCUT2D eigenvalue weighted by molar-refractivity contribution is 0.0679. The molecule has 2 rings (SSSR count). The second kappa shape index (κ2) is 4.53. The molecule has 0 saturated carbocycles. The van der Waals surface area contributed by atoms with E-state index in [0.717, 1.165) is 5.56 Å². The minimum Gasteiger partial charge on any atom is -0.508 e. The average Bonchev–Trinajstić information content (AvgIpc) is 2.31. The fourth-order valence-electron chi connectivity index (χ4n) is 1.87. The van der Waals surface area contributed by atoms with Crippen molar-refractivity contribution in [3.63, 3.8) is 0 Å². The van der Waals surface area contributed by atoms with Gasteiger partial charge < -0.3 is 14.7 Å². The number of aromatic hydroxyl groups is 1. The fourth-order valence-corrected chi connectivity index (χ4v) is 1.87. The summed E-state index contributed by atoms with van der Waals surface area (Å²) in [6.07, 6.45) is 0.707. The molecule has 1 N–H and O–H groups in total. The third kappa shape index (κ3) is 2.02. The van der Waals surface area contributed by atoms with Gasteiger partial charge in [0, 0.05) is 25.8 Å². The summed E-state index contributed by atoms with van der Waals surface area (Å²) in [4.78, 5) is 13.8. The summed E-state index contributed by atoms with van der Waals surface area (Å²) in [5, 5.41) is 9.44. The molecule has 0 radical (unpaired) electrons. The van der Waals surface area contributed by atoms with Gasteiger partial charge in [-0.2, -0.15) is 0 Å². The Bertz CT molecular complexity index is 448. The van der Waals surface area contributed by atoms with Gasteiger partial charge in [-0.25, -0.2) is 0 Å². The molecular formula is C12H15NO3. The van der Waals surface area contributed by atoms with Crippen LogP contribution in [0.5, 0.6) is 5.75 Å². The Hall–Kier alpha value is -1.55. The predicted octanol–water partition coefficient (Wildman–Crippen LogP) is 1.04. The highest BCUT2D eigenvalue weighted by Gasteiger charge is 2.23. The third-order valence-corrected chi connectivity index (χ3v) is 2.76. The minimum absolute atomic E-state index is 0.00862. The molecule has 1 aliphatic heterocycles. The summed E-state index contributed by atoms with van der Waals surface area (Å²) in [5.41, 5.74) is 1.34. The molecule has 4 heteroatoms. The van der Waals surface area contributed by atoms with E-state index in [1.807, 2.05) is 0 Å². The van der Waals surface area contributed by atoms with E-state index in [1.54, 1.807) is 12.0 Å². The van der Waals surface area contributed by atoms with Crippen molar-refractivity contribution in [2.24, 2.45) is 0 Å². The molecule has 0 spiro atoms. The number of amides is 1. The molecule has 1 aromatic rings. The second-order valence-electron chi connectivity index (χ2n) is 3.79. The van der Waals surface area contributed by atoms with Crippen LogP contribution in [0.3, 0.4) is 0 Å². The number of carbonyl (C=O) groups excluding carboxylic acids is 1. The van der Waals surface area contributed by atoms with Crippen molar-refractivity contribution in [2.75, 3.05) is 26.8 Å². The Morgan fingerprint density at radius 1 is 1.69 bits per heavy atom. The van der Waals surface area contributed by atoms with E-state index in [9.17, 15) is 9.90 Å². The summed E-state index contributed by atoms with van der Waals surface area (Å²) in [7, 11) is 1.60. The van der Waals surface area contributed by atoms with Crippen LogP contribution < -0.4 is 0 Å². The molecule has 1 aromatic carbocycles. The quantitative estimate of drug-likeness (QED) is 0.831. The first kappa shape index (κ1) is 9.66. The number of hydrogen-bond donors (Lipinski definition) is 1. The molecule has 4 nitrogen and oxygen atoms in total. The molecule has 16 heavy (non-hydrogen) atoms. The number of fused-ring (bicyclic) bond motifs is 1. The number of methoxy groups -OCH3 is 1. The van der Waals surface area contributed by atoms with Crippen LogP contribution in [0.2, 0.25) is 0 Å². The smallest absolute Gasteiger partial charge is 0.254 e. The van der Waals surface area contributed by atoms with E-state index in [-0.39, 0.29) is 17.7 Å². The summed E-state index contributed by atoms with van der Waals surface area (Å²) < 4.78 is 12.5. The van der Waals surface area contributed by atoms with E-state index < -0.39 is 0 Å². The van der Waals surface area contributed by atoms with Gasteiger partial charge >= 0.3 is 0 Å². The largest absolute Gasteiger partial charge is 0.508 e. The van der Waals surface area contributed by atoms with Crippen LogP contribution in [0.4, 0.5) is 0 Å². The lowest BCUT2D eigenvalue weighted by Crippen LogP contribution is -2.39. The standard InChI is InChI=1S/C12H15NO3/c1-16-7-6-13-5-4-9-8-10(14)2-3-11(9)12(13)15/h2-3,8,14H,4-7H2,1H3/i2D. The average molecular weight is 222 g/mol. The van der Waals surface area contributed by atoms with Gasteiger partial charge in [0.1, 0.15) is 5.75 Å². The Balaban J connectivity index is 2.26. The maximum Gasteiger partial charge on any atom is 0.254 e. The molecule has 86 valence electrons. The maximum absolute atomic E-state index is 12.1. The highest BCUT2D eigenvalue weighted by molar-refractivity contribution is 5.96. The SMILES string of the molecule is [2H]c1cc2c(cc1O)CCN(CCOC)C2=O. The summed E-state index contributed by atoms with van der Waals surface area (Å²) in [6, 6.07) is 2.94. The molecule has 0 bridgehead atoms. The molecule has 1 heterocycles. The normalized spacial score (nSPS) is 15.9. The molecule has 0 saturated heterocycles. The topological polar surface area (TPSA) is 49.8 Å². The number of hydrogen-bond acceptors (Lipinski definition) is 3. The molecule has 1 aliphatic rings. The molecule has 0 aromatic heterocycles. The number of carbonyl (C=O) groups is 1. The fraction of sp³-hybridized carbons (Fsp3) is 0.417. The van der Waals surface area contributed by atoms with Crippen molar-refractivity contribution in [3.8, 4) is 5.75 Å². The van der Waals surface area contributed by atoms with Gasteiger partial charge in [-0.1, -0.05) is 0 Å². The molecule has 0 aliphatic carbocycles. The third-order valence-electron chi connectivity index (χ3n) is 2.76. The van der Waals surface area contributed by atoms with E-state index in [4.69, 9.17) is 6.11 Å². The molecule has 1 amide bonds. The first-order valence-electron chi connectivity index (χ1n) is 5.74. The number of ether oxygens (including phenoxy) is 1. The summed E-state index contributed by atoms with van der Waals surface area (Å²) in [6.45, 7) is 1.70. The van der Waals surface area contributed by atoms with Gasteiger partial charge in [-0.05, 0) is 30.2 Å². The Morgan fingerprint density at radius 3 is 3.25 bits per heavy atom. The van der Waals surface area contributed by atoms with Gasteiger partial charge in [-0.15, -0.1) is 0 Å². The van der Waals surface area contributed by atoms with Crippen molar-refractivity contribution in [2.45, 2.75) is 6.42 Å². The van der Waals surface area contributed by atoms with Crippen molar-refractivity contribution < 1.29 is 16.0 Å². The highest BCUT2D eigenvalue weighted by atomic mass is 16.5. The van der Waals surface area contributed by atoms with E-state index in [1.165, 1.54) is 12.1 Å². The summed E-state index contributed by atoms with van der Waals surface area (Å²) >= 11 is 0. The molecular weight excluding hydrogens is 206 g/mol. The number of rotatable bonds is 3. The lowest BCUT2D eigenvalue weighted by Gasteiger charge is -2.28. The van der Waals surface area contributed by atoms with Gasteiger partial charge in [0.15, 0.2) is 0 Å². The van der Waals surface area contributed by atoms with Gasteiger partial charge in [0.25, 0.3) is 5.91 Å². The monoisotopic (exact) mass is 222 g/mol. The van der Waals surface area contributed by atoms with Crippen LogP contribution in [0, 0.1) is 0 Å². The number of benzene rings is 1. The van der Waals surface area contributed by atoms with Crippen LogP contribution in [0.15, 0.2) is 18.2 Å². The zero-order valence-electron chi connectivity index (χ0n) is 10.2. The Kier molecular flexibility index (Phi) is 2.74. The van der Waals surface area contributed by atoms with E-state index >= 15 is 0 Å². The van der Waals surface area contributed by atoms with E-state index in [2.05, 4.69) is 0 Å². The second-order valence-corrected chi connectivity index (χ2v) is 3.79. The zero-order valence-corrected chi connectivity index (χ0v) is 9.19. The van der Waals surface area contributed by atoms with Gasteiger partial charge in [0.05, 0.1) is 7.98 Å². The molecule has 0 unspecified atom stereocenters. The van der Waals surface area contributed by atoms with Crippen LogP contribution in [0.1, 0.15) is 17.3 Å². The van der Waals surface area contributed by atoms with Gasteiger partial charge in [-0.3, -0.25) is 4.79 Å².